The Morgan fingerprint density at radius 1 is 0.971 bits per heavy atom. The first-order valence-corrected chi connectivity index (χ1v) is 12.8. The minimum atomic E-state index is -3.68. The van der Waals surface area contributed by atoms with Crippen LogP contribution in [0.15, 0.2) is 71.9 Å². The highest BCUT2D eigenvalue weighted by Crippen LogP contribution is 2.31. The van der Waals surface area contributed by atoms with Crippen molar-refractivity contribution in [2.24, 2.45) is 0 Å². The lowest BCUT2D eigenvalue weighted by atomic mass is 9.98. The first-order valence-electron chi connectivity index (χ1n) is 10.6. The van der Waals surface area contributed by atoms with Crippen LogP contribution in [0.25, 0.3) is 16.7 Å². The van der Waals surface area contributed by atoms with Crippen molar-refractivity contribution in [3.63, 3.8) is 0 Å². The lowest BCUT2D eigenvalue weighted by molar-refractivity contribution is 0.0828. The Labute approximate surface area is 209 Å². The number of sulfonamides is 1. The Kier molecular flexibility index (Phi) is 7.09. The molecule has 0 fully saturated rings. The summed E-state index contributed by atoms with van der Waals surface area (Å²) in [5.41, 5.74) is 4.07. The molecule has 0 saturated heterocycles. The number of aromatic nitrogens is 1. The van der Waals surface area contributed by atoms with Gasteiger partial charge < -0.3 is 4.90 Å². The van der Waals surface area contributed by atoms with Gasteiger partial charge in [0.15, 0.2) is 0 Å². The highest BCUT2D eigenvalue weighted by molar-refractivity contribution is 7.89. The average molecular weight is 516 g/mol. The SMILES string of the molecule is CN(C)C(=O)c1ccc(-c2cncc(C3=CCN(S(=O)(=O)c4ccccc4Cl)CC3)c2)cc1Cl. The molecule has 1 aliphatic heterocycles. The predicted octanol–water partition coefficient (Wildman–Crippen LogP) is 5.24. The second-order valence-corrected chi connectivity index (χ2v) is 10.9. The number of amides is 1. The maximum atomic E-state index is 13.0. The molecular formula is C25H23Cl2N3O3S. The van der Waals surface area contributed by atoms with Gasteiger partial charge in [-0.3, -0.25) is 9.78 Å². The number of carbonyl (C=O) groups is 1. The van der Waals surface area contributed by atoms with E-state index < -0.39 is 10.0 Å². The van der Waals surface area contributed by atoms with E-state index in [1.54, 1.807) is 56.8 Å². The molecule has 34 heavy (non-hydrogen) atoms. The van der Waals surface area contributed by atoms with Crippen LogP contribution < -0.4 is 0 Å². The highest BCUT2D eigenvalue weighted by Gasteiger charge is 2.28. The molecule has 176 valence electrons. The molecule has 0 spiro atoms. The van der Waals surface area contributed by atoms with Gasteiger partial charge in [0.25, 0.3) is 5.91 Å². The van der Waals surface area contributed by atoms with Gasteiger partial charge in [-0.15, -0.1) is 0 Å². The van der Waals surface area contributed by atoms with E-state index >= 15 is 0 Å². The van der Waals surface area contributed by atoms with Crippen LogP contribution in [0.3, 0.4) is 0 Å². The molecule has 1 amide bonds. The quantitative estimate of drug-likeness (QED) is 0.466. The zero-order chi connectivity index (χ0) is 24.5. The van der Waals surface area contributed by atoms with E-state index in [0.29, 0.717) is 23.6 Å². The largest absolute Gasteiger partial charge is 0.345 e. The minimum Gasteiger partial charge on any atom is -0.345 e. The van der Waals surface area contributed by atoms with E-state index in [4.69, 9.17) is 23.2 Å². The third kappa shape index (κ3) is 4.88. The van der Waals surface area contributed by atoms with E-state index in [2.05, 4.69) is 4.98 Å². The summed E-state index contributed by atoms with van der Waals surface area (Å²) in [6, 6.07) is 13.8. The van der Waals surface area contributed by atoms with Crippen LogP contribution in [0, 0.1) is 0 Å². The van der Waals surface area contributed by atoms with Gasteiger partial charge in [-0.2, -0.15) is 4.31 Å². The van der Waals surface area contributed by atoms with Crippen molar-refractivity contribution in [1.29, 1.82) is 0 Å². The molecule has 9 heteroatoms. The molecular weight excluding hydrogens is 493 g/mol. The Balaban J connectivity index is 1.56. The third-order valence-electron chi connectivity index (χ3n) is 5.67. The van der Waals surface area contributed by atoms with Gasteiger partial charge in [0, 0.05) is 45.1 Å². The topological polar surface area (TPSA) is 70.6 Å². The standard InChI is InChI=1S/C25H23Cl2N3O3S/c1-29(2)25(31)21-8-7-18(14-23(21)27)20-13-19(15-28-16-20)17-9-11-30(12-10-17)34(32,33)24-6-4-3-5-22(24)26/h3-9,13-16H,10-12H2,1-2H3. The minimum absolute atomic E-state index is 0.116. The normalized spacial score (nSPS) is 14.5. The Morgan fingerprint density at radius 3 is 2.35 bits per heavy atom. The summed E-state index contributed by atoms with van der Waals surface area (Å²) in [5, 5.41) is 0.588. The zero-order valence-corrected chi connectivity index (χ0v) is 21.0. The monoisotopic (exact) mass is 515 g/mol. The van der Waals surface area contributed by atoms with Crippen LogP contribution in [0.5, 0.6) is 0 Å². The number of hydrogen-bond donors (Lipinski definition) is 0. The fraction of sp³-hybridized carbons (Fsp3) is 0.200. The molecule has 0 atom stereocenters. The third-order valence-corrected chi connectivity index (χ3v) is 8.35. The van der Waals surface area contributed by atoms with Gasteiger partial charge in [0.05, 0.1) is 15.6 Å². The predicted molar refractivity (Wildman–Crippen MR) is 136 cm³/mol. The smallest absolute Gasteiger partial charge is 0.254 e. The summed E-state index contributed by atoms with van der Waals surface area (Å²) in [5.74, 6) is -0.160. The summed E-state index contributed by atoms with van der Waals surface area (Å²) >= 11 is 12.5. The fourth-order valence-corrected chi connectivity index (χ4v) is 5.94. The van der Waals surface area contributed by atoms with E-state index in [-0.39, 0.29) is 22.4 Å². The van der Waals surface area contributed by atoms with Crippen LogP contribution in [-0.2, 0) is 10.0 Å². The van der Waals surface area contributed by atoms with E-state index in [1.807, 2.05) is 18.2 Å². The summed E-state index contributed by atoms with van der Waals surface area (Å²) in [6.07, 6.45) is 5.95. The van der Waals surface area contributed by atoms with Crippen molar-refractivity contribution in [2.45, 2.75) is 11.3 Å². The molecule has 3 aromatic rings. The first kappa shape index (κ1) is 24.4. The van der Waals surface area contributed by atoms with Crippen molar-refractivity contribution in [3.05, 3.63) is 88.2 Å². The second-order valence-electron chi connectivity index (χ2n) is 8.13. The maximum Gasteiger partial charge on any atom is 0.254 e. The van der Waals surface area contributed by atoms with Crippen LogP contribution in [0.1, 0.15) is 22.3 Å². The van der Waals surface area contributed by atoms with Gasteiger partial charge in [-0.1, -0.05) is 47.5 Å². The van der Waals surface area contributed by atoms with Crippen molar-refractivity contribution >= 4 is 44.7 Å². The van der Waals surface area contributed by atoms with Crippen molar-refractivity contribution < 1.29 is 13.2 Å². The Morgan fingerprint density at radius 2 is 1.71 bits per heavy atom. The number of nitrogens with zero attached hydrogens (tertiary/aromatic N) is 3. The molecule has 6 nitrogen and oxygen atoms in total. The van der Waals surface area contributed by atoms with Gasteiger partial charge in [-0.25, -0.2) is 8.42 Å². The lowest BCUT2D eigenvalue weighted by Gasteiger charge is -2.26. The number of pyridine rings is 1. The maximum absolute atomic E-state index is 13.0. The van der Waals surface area contributed by atoms with Gasteiger partial charge in [0.2, 0.25) is 10.0 Å². The van der Waals surface area contributed by atoms with E-state index in [9.17, 15) is 13.2 Å². The van der Waals surface area contributed by atoms with E-state index in [0.717, 1.165) is 22.3 Å². The number of halogens is 2. The van der Waals surface area contributed by atoms with Crippen LogP contribution in [0.2, 0.25) is 10.0 Å². The molecule has 0 N–H and O–H groups in total. The molecule has 0 saturated carbocycles. The van der Waals surface area contributed by atoms with Gasteiger partial charge >= 0.3 is 0 Å². The zero-order valence-electron chi connectivity index (χ0n) is 18.7. The summed E-state index contributed by atoms with van der Waals surface area (Å²) < 4.78 is 27.4. The molecule has 1 aliphatic rings. The molecule has 2 aromatic carbocycles. The Hall–Kier alpha value is -2.71. The van der Waals surface area contributed by atoms with Crippen LogP contribution in [-0.4, -0.2) is 55.7 Å². The molecule has 0 radical (unpaired) electrons. The fourth-order valence-electron chi connectivity index (χ4n) is 3.81. The van der Waals surface area contributed by atoms with Crippen LogP contribution in [0.4, 0.5) is 0 Å². The number of rotatable bonds is 5. The number of benzene rings is 2. The van der Waals surface area contributed by atoms with Gasteiger partial charge in [-0.05, 0) is 53.5 Å². The number of hydrogen-bond acceptors (Lipinski definition) is 4. The molecule has 2 heterocycles. The molecule has 1 aromatic heterocycles. The Bertz CT molecular complexity index is 1390. The molecule has 0 aliphatic carbocycles. The average Bonchev–Trinajstić information content (AvgIpc) is 2.84. The summed E-state index contributed by atoms with van der Waals surface area (Å²) in [4.78, 5) is 18.2. The van der Waals surface area contributed by atoms with Crippen molar-refractivity contribution in [3.8, 4) is 11.1 Å². The van der Waals surface area contributed by atoms with E-state index in [1.165, 1.54) is 15.3 Å². The lowest BCUT2D eigenvalue weighted by Crippen LogP contribution is -2.34. The molecule has 4 rings (SSSR count). The van der Waals surface area contributed by atoms with Gasteiger partial charge in [0.1, 0.15) is 4.90 Å². The highest BCUT2D eigenvalue weighted by atomic mass is 35.5. The van der Waals surface area contributed by atoms with Crippen molar-refractivity contribution in [1.82, 2.24) is 14.2 Å². The second kappa shape index (κ2) is 9.88. The first-order chi connectivity index (χ1) is 16.2. The van der Waals surface area contributed by atoms with Crippen LogP contribution >= 0.6 is 23.2 Å². The summed E-state index contributed by atoms with van der Waals surface area (Å²) in [7, 11) is -0.318. The number of carbonyl (C=O) groups excluding carboxylic acids is 1. The molecule has 0 unspecified atom stereocenters. The summed E-state index contributed by atoms with van der Waals surface area (Å²) in [6.45, 7) is 0.594. The molecule has 0 bridgehead atoms. The van der Waals surface area contributed by atoms with Crippen molar-refractivity contribution in [2.75, 3.05) is 27.2 Å².